The molecule has 0 aromatic heterocycles. The van der Waals surface area contributed by atoms with Crippen molar-refractivity contribution in [2.75, 3.05) is 25.2 Å². The Morgan fingerprint density at radius 3 is 2.34 bits per heavy atom. The molecule has 1 heterocycles. The first-order chi connectivity index (χ1) is 17.0. The quantitative estimate of drug-likeness (QED) is 0.460. The number of nitrogens with one attached hydrogen (secondary N) is 2. The van der Waals surface area contributed by atoms with E-state index in [9.17, 15) is 14.4 Å². The third kappa shape index (κ3) is 5.97. The van der Waals surface area contributed by atoms with Crippen molar-refractivity contribution in [3.8, 4) is 11.1 Å². The minimum Gasteiger partial charge on any atom is -0.479 e. The molecule has 1 fully saturated rings. The van der Waals surface area contributed by atoms with Gasteiger partial charge in [0, 0.05) is 12.5 Å². The minimum atomic E-state index is -0.992. The van der Waals surface area contributed by atoms with Crippen LogP contribution in [0.2, 0.25) is 0 Å². The highest BCUT2D eigenvalue weighted by Gasteiger charge is 2.32. The molecule has 0 radical (unpaired) electrons. The lowest BCUT2D eigenvalue weighted by atomic mass is 9.98. The van der Waals surface area contributed by atoms with E-state index in [4.69, 9.17) is 14.6 Å². The largest absolute Gasteiger partial charge is 0.479 e. The van der Waals surface area contributed by atoms with Gasteiger partial charge in [0.25, 0.3) is 0 Å². The summed E-state index contributed by atoms with van der Waals surface area (Å²) in [5, 5.41) is 14.5. The maximum atomic E-state index is 12.8. The Bertz CT molecular complexity index is 1030. The van der Waals surface area contributed by atoms with E-state index in [1.807, 2.05) is 30.5 Å². The first-order valence-electron chi connectivity index (χ1n) is 11.7. The lowest BCUT2D eigenvalue weighted by molar-refractivity contribution is -0.149. The van der Waals surface area contributed by atoms with E-state index < -0.39 is 24.2 Å². The zero-order chi connectivity index (χ0) is 24.8. The van der Waals surface area contributed by atoms with Crippen LogP contribution in [-0.4, -0.2) is 66.5 Å². The highest BCUT2D eigenvalue weighted by Crippen LogP contribution is 2.44. The molecule has 1 aliphatic carbocycles. The number of rotatable bonds is 10. The van der Waals surface area contributed by atoms with Gasteiger partial charge < -0.3 is 25.2 Å². The van der Waals surface area contributed by atoms with Crippen molar-refractivity contribution < 1.29 is 29.0 Å². The van der Waals surface area contributed by atoms with E-state index >= 15 is 0 Å². The van der Waals surface area contributed by atoms with Crippen LogP contribution in [0.1, 0.15) is 36.3 Å². The fraction of sp³-hybridized carbons (Fsp3) is 0.423. The van der Waals surface area contributed by atoms with Crippen molar-refractivity contribution in [1.29, 1.82) is 0 Å². The van der Waals surface area contributed by atoms with Crippen LogP contribution < -0.4 is 10.6 Å². The molecule has 3 unspecified atom stereocenters. The van der Waals surface area contributed by atoms with Gasteiger partial charge in [-0.1, -0.05) is 48.5 Å². The standard InChI is InChI=1S/C26H30N2O6S/c1-35-13-12-22(24(29)27-14-16-10-11-23(34-16)25(30)31)28-26(32)33-15-21-19-8-4-2-6-17(19)18-7-3-5-9-20(18)21/h2-9,16,21-23H,10-15H2,1H3,(H,27,29)(H,28,32)(H,30,31). The number of carboxylic acids is 1. The highest BCUT2D eigenvalue weighted by molar-refractivity contribution is 7.98. The number of alkyl carbamates (subject to hydrolysis) is 1. The molecule has 0 spiro atoms. The fourth-order valence-electron chi connectivity index (χ4n) is 4.66. The SMILES string of the molecule is CSCCC(NC(=O)OCC1c2ccccc2-c2ccccc21)C(=O)NCC1CCC(C(=O)O)O1. The van der Waals surface area contributed by atoms with E-state index in [2.05, 4.69) is 34.9 Å². The highest BCUT2D eigenvalue weighted by atomic mass is 32.2. The number of hydrogen-bond acceptors (Lipinski definition) is 6. The maximum Gasteiger partial charge on any atom is 0.407 e. The van der Waals surface area contributed by atoms with Gasteiger partial charge in [-0.2, -0.15) is 11.8 Å². The lowest BCUT2D eigenvalue weighted by Gasteiger charge is -2.20. The Kier molecular flexibility index (Phi) is 8.30. The predicted octanol–water partition coefficient (Wildman–Crippen LogP) is 3.40. The van der Waals surface area contributed by atoms with Gasteiger partial charge in [0.05, 0.1) is 6.10 Å². The average Bonchev–Trinajstić information content (AvgIpc) is 3.47. The molecule has 2 aromatic rings. The Balaban J connectivity index is 1.32. The summed E-state index contributed by atoms with van der Waals surface area (Å²) >= 11 is 1.58. The molecule has 2 aromatic carbocycles. The number of fused-ring (bicyclic) bond motifs is 3. The van der Waals surface area contributed by atoms with Crippen molar-refractivity contribution in [2.45, 2.75) is 43.4 Å². The van der Waals surface area contributed by atoms with Gasteiger partial charge in [0.15, 0.2) is 6.10 Å². The summed E-state index contributed by atoms with van der Waals surface area (Å²) in [7, 11) is 0. The summed E-state index contributed by atoms with van der Waals surface area (Å²) in [4.78, 5) is 36.5. The van der Waals surface area contributed by atoms with Gasteiger partial charge in [0.1, 0.15) is 12.6 Å². The van der Waals surface area contributed by atoms with Crippen LogP contribution in [0.25, 0.3) is 11.1 Å². The Morgan fingerprint density at radius 2 is 1.74 bits per heavy atom. The number of ether oxygens (including phenoxy) is 2. The summed E-state index contributed by atoms with van der Waals surface area (Å²) in [5.41, 5.74) is 4.53. The summed E-state index contributed by atoms with van der Waals surface area (Å²) in [6.07, 6.45) is 1.53. The molecule has 1 saturated heterocycles. The number of carbonyl (C=O) groups is 3. The van der Waals surface area contributed by atoms with Crippen LogP contribution in [0.4, 0.5) is 4.79 Å². The minimum absolute atomic E-state index is 0.0617. The Hall–Kier alpha value is -3.04. The van der Waals surface area contributed by atoms with Crippen LogP contribution in [0.3, 0.4) is 0 Å². The number of hydrogen-bond donors (Lipinski definition) is 3. The van der Waals surface area contributed by atoms with Crippen LogP contribution in [0.15, 0.2) is 48.5 Å². The second kappa shape index (κ2) is 11.6. The van der Waals surface area contributed by atoms with Crippen LogP contribution >= 0.6 is 11.8 Å². The summed E-state index contributed by atoms with van der Waals surface area (Å²) in [6, 6.07) is 15.5. The monoisotopic (exact) mass is 498 g/mol. The summed E-state index contributed by atoms with van der Waals surface area (Å²) in [6.45, 7) is 0.369. The van der Waals surface area contributed by atoms with Crippen LogP contribution in [0.5, 0.6) is 0 Å². The molecule has 3 N–H and O–H groups in total. The van der Waals surface area contributed by atoms with E-state index in [0.29, 0.717) is 25.0 Å². The van der Waals surface area contributed by atoms with Gasteiger partial charge in [-0.15, -0.1) is 0 Å². The normalized spacial score (nSPS) is 19.5. The molecule has 3 atom stereocenters. The van der Waals surface area contributed by atoms with Gasteiger partial charge >= 0.3 is 12.1 Å². The van der Waals surface area contributed by atoms with Gasteiger partial charge in [-0.25, -0.2) is 9.59 Å². The molecular formula is C26H30N2O6S. The number of benzene rings is 2. The molecule has 2 amide bonds. The third-order valence-electron chi connectivity index (χ3n) is 6.45. The number of carboxylic acid groups (broad SMARTS) is 1. The first kappa shape index (κ1) is 25.1. The first-order valence-corrected chi connectivity index (χ1v) is 13.1. The molecule has 4 rings (SSSR count). The second-order valence-corrected chi connectivity index (χ2v) is 9.70. The number of carbonyl (C=O) groups excluding carboxylic acids is 2. The Morgan fingerprint density at radius 1 is 1.09 bits per heavy atom. The smallest absolute Gasteiger partial charge is 0.407 e. The fourth-order valence-corrected chi connectivity index (χ4v) is 5.13. The zero-order valence-electron chi connectivity index (χ0n) is 19.6. The van der Waals surface area contributed by atoms with Crippen molar-refractivity contribution in [2.24, 2.45) is 0 Å². The molecule has 9 heteroatoms. The van der Waals surface area contributed by atoms with Gasteiger partial charge in [-0.05, 0) is 53.5 Å². The summed E-state index contributed by atoms with van der Waals surface area (Å²) < 4.78 is 11.0. The van der Waals surface area contributed by atoms with Crippen molar-refractivity contribution >= 4 is 29.7 Å². The van der Waals surface area contributed by atoms with E-state index in [1.165, 1.54) is 0 Å². The van der Waals surface area contributed by atoms with Gasteiger partial charge in [0.2, 0.25) is 5.91 Å². The average molecular weight is 499 g/mol. The lowest BCUT2D eigenvalue weighted by Crippen LogP contribution is -2.49. The second-order valence-electron chi connectivity index (χ2n) is 8.71. The van der Waals surface area contributed by atoms with E-state index in [-0.39, 0.29) is 31.1 Å². The zero-order valence-corrected chi connectivity index (χ0v) is 20.4. The molecule has 1 aliphatic heterocycles. The third-order valence-corrected chi connectivity index (χ3v) is 7.09. The molecule has 0 saturated carbocycles. The molecule has 0 bridgehead atoms. The van der Waals surface area contributed by atoms with Crippen LogP contribution in [-0.2, 0) is 19.1 Å². The van der Waals surface area contributed by atoms with E-state index in [1.54, 1.807) is 11.8 Å². The van der Waals surface area contributed by atoms with Crippen molar-refractivity contribution in [3.63, 3.8) is 0 Å². The van der Waals surface area contributed by atoms with Crippen molar-refractivity contribution in [1.82, 2.24) is 10.6 Å². The Labute approximate surface area is 208 Å². The molecular weight excluding hydrogens is 468 g/mol. The summed E-state index contributed by atoms with van der Waals surface area (Å²) in [5.74, 6) is -0.709. The molecule has 2 aliphatic rings. The predicted molar refractivity (Wildman–Crippen MR) is 134 cm³/mol. The molecule has 186 valence electrons. The van der Waals surface area contributed by atoms with Gasteiger partial charge in [-0.3, -0.25) is 4.79 Å². The topological polar surface area (TPSA) is 114 Å². The maximum absolute atomic E-state index is 12.8. The van der Waals surface area contributed by atoms with Crippen LogP contribution in [0, 0.1) is 0 Å². The molecule has 8 nitrogen and oxygen atoms in total. The van der Waals surface area contributed by atoms with Crippen molar-refractivity contribution in [3.05, 3.63) is 59.7 Å². The number of aliphatic carboxylic acids is 1. The number of amides is 2. The number of thioether (sulfide) groups is 1. The molecule has 35 heavy (non-hydrogen) atoms. The van der Waals surface area contributed by atoms with E-state index in [0.717, 1.165) is 22.3 Å².